The number of carbonyl (C=O) groups is 2. The highest BCUT2D eigenvalue weighted by molar-refractivity contribution is 6.30. The summed E-state index contributed by atoms with van der Waals surface area (Å²) in [4.78, 5) is 28.4. The number of hydrogen-bond donors (Lipinski definition) is 2. The number of nitrogen functional groups attached to an aromatic ring is 1. The Morgan fingerprint density at radius 1 is 1.20 bits per heavy atom. The van der Waals surface area contributed by atoms with Crippen LogP contribution in [0.4, 0.5) is 10.2 Å². The standard InChI is InChI=1S/C22H24ClFN4O2/c1-14(29)17-12-28(22-16(17)9-10-19(25)27-22)13-20(30)26-11-4-2-3-6-15-7-5-8-18(23)21(15)24/h5,7-10,12H,2-4,6,11,13H2,1H3,(H2,25,27)(H,26,30). The molecule has 3 rings (SSSR count). The van der Waals surface area contributed by atoms with Gasteiger partial charge in [-0.15, -0.1) is 0 Å². The van der Waals surface area contributed by atoms with Gasteiger partial charge in [-0.2, -0.15) is 0 Å². The Labute approximate surface area is 179 Å². The van der Waals surface area contributed by atoms with Crippen LogP contribution >= 0.6 is 11.6 Å². The Kier molecular flexibility index (Phi) is 7.05. The summed E-state index contributed by atoms with van der Waals surface area (Å²) in [7, 11) is 0. The molecule has 158 valence electrons. The summed E-state index contributed by atoms with van der Waals surface area (Å²) in [5.74, 6) is -0.298. The molecule has 0 saturated carbocycles. The largest absolute Gasteiger partial charge is 0.384 e. The maximum atomic E-state index is 13.9. The summed E-state index contributed by atoms with van der Waals surface area (Å²) >= 11 is 5.79. The van der Waals surface area contributed by atoms with Crippen molar-refractivity contribution in [3.63, 3.8) is 0 Å². The number of rotatable bonds is 9. The smallest absolute Gasteiger partial charge is 0.239 e. The minimum absolute atomic E-state index is 0.0496. The third kappa shape index (κ3) is 5.16. The van der Waals surface area contributed by atoms with Crippen LogP contribution in [0.25, 0.3) is 11.0 Å². The van der Waals surface area contributed by atoms with Crippen molar-refractivity contribution in [1.82, 2.24) is 14.9 Å². The number of halogens is 2. The molecule has 0 aliphatic carbocycles. The van der Waals surface area contributed by atoms with E-state index in [1.165, 1.54) is 13.0 Å². The molecule has 8 heteroatoms. The van der Waals surface area contributed by atoms with Crippen molar-refractivity contribution in [3.05, 3.63) is 58.5 Å². The second-order valence-corrected chi connectivity index (χ2v) is 7.61. The summed E-state index contributed by atoms with van der Waals surface area (Å²) in [5.41, 5.74) is 7.39. The average molecular weight is 431 g/mol. The summed E-state index contributed by atoms with van der Waals surface area (Å²) in [6.07, 6.45) is 4.69. The molecule has 0 fully saturated rings. The fourth-order valence-electron chi connectivity index (χ4n) is 3.38. The van der Waals surface area contributed by atoms with Crippen molar-refractivity contribution >= 4 is 40.1 Å². The van der Waals surface area contributed by atoms with Crippen molar-refractivity contribution in [2.45, 2.75) is 39.2 Å². The number of nitrogens with one attached hydrogen (secondary N) is 1. The number of nitrogens with two attached hydrogens (primary N) is 1. The van der Waals surface area contributed by atoms with Gasteiger partial charge in [0.1, 0.15) is 23.8 Å². The highest BCUT2D eigenvalue weighted by Crippen LogP contribution is 2.22. The molecule has 3 aromatic rings. The zero-order chi connectivity index (χ0) is 21.7. The maximum absolute atomic E-state index is 13.9. The zero-order valence-corrected chi connectivity index (χ0v) is 17.5. The molecule has 0 aliphatic rings. The van der Waals surface area contributed by atoms with Gasteiger partial charge in [0.2, 0.25) is 5.91 Å². The van der Waals surface area contributed by atoms with Gasteiger partial charge in [0.25, 0.3) is 0 Å². The number of aromatic nitrogens is 2. The van der Waals surface area contributed by atoms with E-state index >= 15 is 0 Å². The van der Waals surface area contributed by atoms with E-state index in [9.17, 15) is 14.0 Å². The molecule has 2 aromatic heterocycles. The lowest BCUT2D eigenvalue weighted by molar-refractivity contribution is -0.121. The van der Waals surface area contributed by atoms with Gasteiger partial charge in [-0.25, -0.2) is 9.37 Å². The number of hydrogen-bond acceptors (Lipinski definition) is 4. The summed E-state index contributed by atoms with van der Waals surface area (Å²) < 4.78 is 15.5. The fraction of sp³-hybridized carbons (Fsp3) is 0.318. The lowest BCUT2D eigenvalue weighted by Crippen LogP contribution is -2.28. The van der Waals surface area contributed by atoms with Crippen LogP contribution in [0.15, 0.2) is 36.5 Å². The van der Waals surface area contributed by atoms with Crippen LogP contribution in [-0.2, 0) is 17.8 Å². The number of benzene rings is 1. The van der Waals surface area contributed by atoms with Crippen molar-refractivity contribution in [2.24, 2.45) is 0 Å². The van der Waals surface area contributed by atoms with Gasteiger partial charge in [-0.3, -0.25) is 9.59 Å². The molecule has 2 heterocycles. The molecule has 0 bridgehead atoms. The molecule has 0 saturated heterocycles. The van der Waals surface area contributed by atoms with E-state index in [4.69, 9.17) is 17.3 Å². The van der Waals surface area contributed by atoms with Crippen LogP contribution in [0.2, 0.25) is 5.02 Å². The number of anilines is 1. The monoisotopic (exact) mass is 430 g/mol. The molecule has 0 spiro atoms. The Balaban J connectivity index is 1.48. The number of ketones is 1. The zero-order valence-electron chi connectivity index (χ0n) is 16.8. The predicted octanol–water partition coefficient (Wildman–Crippen LogP) is 4.14. The molecule has 3 N–H and O–H groups in total. The predicted molar refractivity (Wildman–Crippen MR) is 116 cm³/mol. The number of amides is 1. The molecule has 0 unspecified atom stereocenters. The van der Waals surface area contributed by atoms with E-state index in [-0.39, 0.29) is 29.1 Å². The molecule has 30 heavy (non-hydrogen) atoms. The number of fused-ring (bicyclic) bond motifs is 1. The maximum Gasteiger partial charge on any atom is 0.239 e. The molecule has 1 amide bonds. The van der Waals surface area contributed by atoms with Crippen LogP contribution in [0.5, 0.6) is 0 Å². The van der Waals surface area contributed by atoms with Crippen LogP contribution < -0.4 is 11.1 Å². The minimum atomic E-state index is -0.356. The molecule has 0 aliphatic heterocycles. The number of carbonyl (C=O) groups excluding carboxylic acids is 2. The molecular weight excluding hydrogens is 407 g/mol. The van der Waals surface area contributed by atoms with Gasteiger partial charge in [-0.05, 0) is 49.9 Å². The first-order valence-electron chi connectivity index (χ1n) is 9.82. The van der Waals surface area contributed by atoms with Crippen LogP contribution in [0.1, 0.15) is 42.1 Å². The highest BCUT2D eigenvalue weighted by atomic mass is 35.5. The minimum Gasteiger partial charge on any atom is -0.384 e. The SMILES string of the molecule is CC(=O)c1cn(CC(=O)NCCCCCc2cccc(Cl)c2F)c2nc(N)ccc12. The van der Waals surface area contributed by atoms with Crippen molar-refractivity contribution in [1.29, 1.82) is 0 Å². The van der Waals surface area contributed by atoms with Gasteiger partial charge >= 0.3 is 0 Å². The number of unbranched alkanes of at least 4 members (excludes halogenated alkanes) is 2. The lowest BCUT2D eigenvalue weighted by atomic mass is 10.1. The van der Waals surface area contributed by atoms with Gasteiger partial charge in [0, 0.05) is 23.7 Å². The Bertz CT molecular complexity index is 1080. The van der Waals surface area contributed by atoms with Crippen molar-refractivity contribution < 1.29 is 14.0 Å². The highest BCUT2D eigenvalue weighted by Gasteiger charge is 2.15. The molecular formula is C22H24ClFN4O2. The Morgan fingerprint density at radius 3 is 2.77 bits per heavy atom. The van der Waals surface area contributed by atoms with Gasteiger partial charge in [0.15, 0.2) is 5.78 Å². The summed E-state index contributed by atoms with van der Waals surface area (Å²) in [6, 6.07) is 8.39. The van der Waals surface area contributed by atoms with Gasteiger partial charge in [-0.1, -0.05) is 30.2 Å². The van der Waals surface area contributed by atoms with Crippen LogP contribution in [0, 0.1) is 5.82 Å². The first-order chi connectivity index (χ1) is 14.4. The number of aryl methyl sites for hydroxylation is 1. The first-order valence-corrected chi connectivity index (χ1v) is 10.2. The van der Waals surface area contributed by atoms with E-state index in [0.717, 1.165) is 19.3 Å². The third-order valence-corrected chi connectivity index (χ3v) is 5.21. The molecule has 0 atom stereocenters. The normalized spacial score (nSPS) is 11.0. The molecule has 1 aromatic carbocycles. The van der Waals surface area contributed by atoms with Crippen molar-refractivity contribution in [3.8, 4) is 0 Å². The molecule has 0 radical (unpaired) electrons. The quantitative estimate of drug-likeness (QED) is 0.394. The van der Waals surface area contributed by atoms with Crippen molar-refractivity contribution in [2.75, 3.05) is 12.3 Å². The van der Waals surface area contributed by atoms with E-state index in [0.29, 0.717) is 40.9 Å². The Hall–Kier alpha value is -2.93. The fourth-order valence-corrected chi connectivity index (χ4v) is 3.57. The second kappa shape index (κ2) is 9.71. The first kappa shape index (κ1) is 21.8. The lowest BCUT2D eigenvalue weighted by Gasteiger charge is -2.08. The van der Waals surface area contributed by atoms with Gasteiger partial charge < -0.3 is 15.6 Å². The van der Waals surface area contributed by atoms with Crippen LogP contribution in [-0.4, -0.2) is 27.8 Å². The third-order valence-electron chi connectivity index (χ3n) is 4.91. The van der Waals surface area contributed by atoms with E-state index < -0.39 is 0 Å². The van der Waals surface area contributed by atoms with E-state index in [1.54, 1.807) is 35.0 Å². The number of pyridine rings is 1. The molecule has 6 nitrogen and oxygen atoms in total. The second-order valence-electron chi connectivity index (χ2n) is 7.21. The van der Waals surface area contributed by atoms with Crippen LogP contribution in [0.3, 0.4) is 0 Å². The summed E-state index contributed by atoms with van der Waals surface area (Å²) in [5, 5.41) is 3.69. The van der Waals surface area contributed by atoms with Gasteiger partial charge in [0.05, 0.1) is 5.02 Å². The number of Topliss-reactive ketones (excluding diaryl/α,β-unsaturated/α-hetero) is 1. The topological polar surface area (TPSA) is 90.0 Å². The Morgan fingerprint density at radius 2 is 2.00 bits per heavy atom. The van der Waals surface area contributed by atoms with E-state index in [2.05, 4.69) is 10.3 Å². The average Bonchev–Trinajstić information content (AvgIpc) is 3.05. The summed E-state index contributed by atoms with van der Waals surface area (Å²) in [6.45, 7) is 2.05. The number of nitrogens with zero attached hydrogens (tertiary/aromatic N) is 2. The van der Waals surface area contributed by atoms with E-state index in [1.807, 2.05) is 0 Å².